The first-order valence-corrected chi connectivity index (χ1v) is 11.5. The Balaban J connectivity index is 0.000000604. The maximum absolute atomic E-state index is 6.03. The normalized spacial score (nSPS) is 10.8. The van der Waals surface area contributed by atoms with Gasteiger partial charge in [0.15, 0.2) is 11.5 Å². The molecule has 0 aliphatic heterocycles. The van der Waals surface area contributed by atoms with E-state index in [-0.39, 0.29) is 13.1 Å². The Morgan fingerprint density at radius 3 is 1.46 bits per heavy atom. The van der Waals surface area contributed by atoms with Gasteiger partial charge in [-0.15, -0.1) is 0 Å². The van der Waals surface area contributed by atoms with E-state index in [4.69, 9.17) is 24.6 Å². The molecule has 0 N–H and O–H groups in total. The molecule has 0 atom stereocenters. The van der Waals surface area contributed by atoms with Crippen molar-refractivity contribution in [2.24, 2.45) is 0 Å². The number of hydrogen-bond donors (Lipinski definition) is 0. The molecule has 28 heavy (non-hydrogen) atoms. The van der Waals surface area contributed by atoms with Gasteiger partial charge in [-0.3, -0.25) is 0 Å². The predicted molar refractivity (Wildman–Crippen MR) is 112 cm³/mol. The van der Waals surface area contributed by atoms with Crippen LogP contribution in [-0.4, -0.2) is 9.97 Å². The monoisotopic (exact) mass is 448 g/mol. The average molecular weight is 449 g/mol. The molecular formula is C22H14Cl2FeN2O. The summed E-state index contributed by atoms with van der Waals surface area (Å²) in [5.41, 5.74) is 3.57. The summed E-state index contributed by atoms with van der Waals surface area (Å²) in [5, 5.41) is 2.24. The Kier molecular flexibility index (Phi) is 5.94. The predicted octanol–water partition coefficient (Wildman–Crippen LogP) is 7.09. The summed E-state index contributed by atoms with van der Waals surface area (Å²) < 4.78 is 6.03. The molecule has 0 unspecified atom stereocenters. The van der Waals surface area contributed by atoms with E-state index in [1.165, 1.54) is 0 Å². The molecule has 6 heteroatoms. The minimum Gasteiger partial charge on any atom is -0.453 e. The first kappa shape index (κ1) is 19.0. The van der Waals surface area contributed by atoms with Crippen LogP contribution in [0, 0.1) is 0 Å². The first-order valence-electron chi connectivity index (χ1n) is 8.46. The second-order valence-electron chi connectivity index (χ2n) is 5.99. The zero-order valence-corrected chi connectivity index (χ0v) is 17.1. The van der Waals surface area contributed by atoms with Gasteiger partial charge in [-0.2, -0.15) is 0 Å². The Hall–Kier alpha value is -2.36. The summed E-state index contributed by atoms with van der Waals surface area (Å²) >= 11 is 0.194. The Bertz CT molecular complexity index is 1150. The molecule has 0 bridgehead atoms. The van der Waals surface area contributed by atoms with Crippen molar-refractivity contribution in [3.63, 3.8) is 0 Å². The zero-order valence-electron chi connectivity index (χ0n) is 14.5. The second kappa shape index (κ2) is 8.76. The van der Waals surface area contributed by atoms with Crippen LogP contribution in [0.1, 0.15) is 0 Å². The van der Waals surface area contributed by atoms with Gasteiger partial charge in [0, 0.05) is 10.8 Å². The van der Waals surface area contributed by atoms with Gasteiger partial charge in [-0.05, 0) is 36.4 Å². The topological polar surface area (TPSA) is 38.9 Å². The van der Waals surface area contributed by atoms with Crippen molar-refractivity contribution in [3.05, 3.63) is 84.9 Å². The molecule has 0 spiro atoms. The molecule has 3 heterocycles. The van der Waals surface area contributed by atoms with Crippen LogP contribution >= 0.6 is 20.2 Å². The van der Waals surface area contributed by atoms with Crippen LogP contribution < -0.4 is 0 Å². The van der Waals surface area contributed by atoms with Crippen molar-refractivity contribution in [3.8, 4) is 22.9 Å². The van der Waals surface area contributed by atoms with Crippen LogP contribution in [0.25, 0.3) is 44.7 Å². The molecular weight excluding hydrogens is 435 g/mol. The van der Waals surface area contributed by atoms with Gasteiger partial charge < -0.3 is 4.42 Å². The summed E-state index contributed by atoms with van der Waals surface area (Å²) in [4.78, 5) is 9.38. The van der Waals surface area contributed by atoms with Gasteiger partial charge in [0.2, 0.25) is 0 Å². The molecule has 0 amide bonds. The van der Waals surface area contributed by atoms with E-state index >= 15 is 0 Å². The van der Waals surface area contributed by atoms with Gasteiger partial charge in [-0.25, -0.2) is 9.97 Å². The minimum absolute atomic E-state index is 0.194. The fraction of sp³-hybridized carbons (Fsp3) is 0. The van der Waals surface area contributed by atoms with Crippen LogP contribution in [0.3, 0.4) is 0 Å². The third-order valence-corrected chi connectivity index (χ3v) is 4.31. The van der Waals surface area contributed by atoms with Gasteiger partial charge in [-0.1, -0.05) is 48.5 Å². The number of para-hydroxylation sites is 2. The fourth-order valence-corrected chi connectivity index (χ4v) is 3.02. The van der Waals surface area contributed by atoms with Crippen LogP contribution in [0.15, 0.2) is 89.3 Å². The van der Waals surface area contributed by atoms with E-state index in [1.54, 1.807) is 0 Å². The molecule has 3 nitrogen and oxygen atoms in total. The van der Waals surface area contributed by atoms with Crippen molar-refractivity contribution in [1.82, 2.24) is 9.97 Å². The van der Waals surface area contributed by atoms with Crippen molar-refractivity contribution < 1.29 is 17.6 Å². The van der Waals surface area contributed by atoms with Crippen LogP contribution in [-0.2, 0) is 13.1 Å². The molecule has 5 rings (SSSR count). The van der Waals surface area contributed by atoms with E-state index in [0.29, 0.717) is 0 Å². The van der Waals surface area contributed by atoms with Crippen LogP contribution in [0.2, 0.25) is 0 Å². The smallest absolute Gasteiger partial charge is 0.153 e. The fourth-order valence-electron chi connectivity index (χ4n) is 3.02. The van der Waals surface area contributed by atoms with Gasteiger partial charge in [0.25, 0.3) is 0 Å². The van der Waals surface area contributed by atoms with E-state index < -0.39 is 0 Å². The van der Waals surface area contributed by atoms with E-state index in [9.17, 15) is 0 Å². The molecule has 2 aromatic carbocycles. The number of nitrogens with zero attached hydrogens (tertiary/aromatic N) is 2. The van der Waals surface area contributed by atoms with Gasteiger partial charge in [0.05, 0.1) is 11.0 Å². The number of fused-ring (bicyclic) bond motifs is 2. The molecule has 0 saturated carbocycles. The first-order chi connectivity index (χ1) is 13.8. The third kappa shape index (κ3) is 4.06. The van der Waals surface area contributed by atoms with Crippen molar-refractivity contribution in [1.29, 1.82) is 0 Å². The largest absolute Gasteiger partial charge is 0.453 e. The number of benzene rings is 2. The van der Waals surface area contributed by atoms with Crippen molar-refractivity contribution >= 4 is 42.0 Å². The molecule has 0 fully saturated rings. The minimum atomic E-state index is 0.194. The quantitative estimate of drug-likeness (QED) is 0.270. The standard InChI is InChI=1S/C22H14N2O.2ClH.Fe/c1-3-7-17-15(5-1)9-11-19(23-17)21-13-14-22(25-21)20-12-10-16-6-2-4-8-18(16)24-20;;;/h1-14H;2*1H;/q;;;+2/p-2. The van der Waals surface area contributed by atoms with E-state index in [0.717, 1.165) is 44.7 Å². The SMILES string of the molecule is [Cl][Fe][Cl].c1ccc2nc(-c3ccc(-c4ccc5ccccc5n4)o3)ccc2c1. The van der Waals surface area contributed by atoms with Crippen molar-refractivity contribution in [2.45, 2.75) is 0 Å². The van der Waals surface area contributed by atoms with Gasteiger partial charge >= 0.3 is 33.3 Å². The van der Waals surface area contributed by atoms with Crippen LogP contribution in [0.5, 0.6) is 0 Å². The molecule has 0 aliphatic rings. The molecule has 3 aromatic heterocycles. The Morgan fingerprint density at radius 2 is 1.00 bits per heavy atom. The van der Waals surface area contributed by atoms with E-state index in [2.05, 4.69) is 34.2 Å². The summed E-state index contributed by atoms with van der Waals surface area (Å²) in [6, 6.07) is 28.1. The molecule has 0 aliphatic carbocycles. The number of furan rings is 1. The number of hydrogen-bond acceptors (Lipinski definition) is 3. The summed E-state index contributed by atoms with van der Waals surface area (Å²) in [5.74, 6) is 1.49. The number of aromatic nitrogens is 2. The summed E-state index contributed by atoms with van der Waals surface area (Å²) in [6.07, 6.45) is 0. The molecule has 140 valence electrons. The Labute approximate surface area is 176 Å². The maximum Gasteiger partial charge on any atom is 0.153 e. The molecule has 5 aromatic rings. The van der Waals surface area contributed by atoms with E-state index in [1.807, 2.05) is 60.7 Å². The summed E-state index contributed by atoms with van der Waals surface area (Å²) in [6.45, 7) is 0. The number of pyridine rings is 2. The third-order valence-electron chi connectivity index (χ3n) is 4.31. The number of rotatable bonds is 2. The molecule has 0 radical (unpaired) electrons. The summed E-state index contributed by atoms with van der Waals surface area (Å²) in [7, 11) is 9.53. The van der Waals surface area contributed by atoms with Crippen molar-refractivity contribution in [2.75, 3.05) is 0 Å². The average Bonchev–Trinajstić information content (AvgIpc) is 3.24. The zero-order chi connectivity index (χ0) is 19.3. The maximum atomic E-state index is 6.03. The Morgan fingerprint density at radius 1 is 0.571 bits per heavy atom. The second-order valence-corrected chi connectivity index (χ2v) is 7.82. The van der Waals surface area contributed by atoms with Gasteiger partial charge in [0.1, 0.15) is 11.4 Å². The molecule has 0 saturated heterocycles. The van der Waals surface area contributed by atoms with Crippen LogP contribution in [0.4, 0.5) is 0 Å². The number of halogens is 2.